The summed E-state index contributed by atoms with van der Waals surface area (Å²) in [6, 6.07) is 5.93. The van der Waals surface area contributed by atoms with Gasteiger partial charge in [0.25, 0.3) is 5.91 Å². The highest BCUT2D eigenvalue weighted by Crippen LogP contribution is 2.19. The Morgan fingerprint density at radius 1 is 1.50 bits per heavy atom. The summed E-state index contributed by atoms with van der Waals surface area (Å²) in [5, 5.41) is 6.54. The molecule has 7 heteroatoms. The molecule has 1 aromatic rings. The van der Waals surface area contributed by atoms with E-state index in [1.807, 2.05) is 0 Å². The zero-order chi connectivity index (χ0) is 16.3. The summed E-state index contributed by atoms with van der Waals surface area (Å²) >= 11 is 0. The second-order valence-corrected chi connectivity index (χ2v) is 5.86. The number of benzene rings is 1. The number of oxime groups is 1. The van der Waals surface area contributed by atoms with Crippen LogP contribution in [0.4, 0.5) is 4.39 Å². The highest BCUT2D eigenvalue weighted by molar-refractivity contribution is 6.04. The lowest BCUT2D eigenvalue weighted by molar-refractivity contribution is -0.133. The predicted molar refractivity (Wildman–Crippen MR) is 78.5 cm³/mol. The monoisotopic (exact) mass is 307 g/mol. The van der Waals surface area contributed by atoms with Gasteiger partial charge in [-0.2, -0.15) is 0 Å². The van der Waals surface area contributed by atoms with Crippen molar-refractivity contribution in [1.29, 1.82) is 0 Å². The minimum Gasteiger partial charge on any atom is -0.382 e. The van der Waals surface area contributed by atoms with Crippen LogP contribution in [0.3, 0.4) is 0 Å². The SMILES string of the molecule is CC(C)(CC(N)=O)NC(=O)C1CC(c2cccc(F)c2)=NO1. The number of nitrogens with zero attached hydrogens (tertiary/aromatic N) is 1. The van der Waals surface area contributed by atoms with E-state index in [-0.39, 0.29) is 24.6 Å². The first kappa shape index (κ1) is 15.9. The molecule has 2 rings (SSSR count). The van der Waals surface area contributed by atoms with E-state index in [0.717, 1.165) is 0 Å². The number of amides is 2. The molecule has 118 valence electrons. The maximum Gasteiger partial charge on any atom is 0.264 e. The average molecular weight is 307 g/mol. The number of primary amides is 1. The van der Waals surface area contributed by atoms with Gasteiger partial charge in [0.15, 0.2) is 0 Å². The molecule has 22 heavy (non-hydrogen) atoms. The summed E-state index contributed by atoms with van der Waals surface area (Å²) < 4.78 is 13.2. The Kier molecular flexibility index (Phi) is 4.44. The molecule has 0 fully saturated rings. The van der Waals surface area contributed by atoms with Crippen LogP contribution in [-0.2, 0) is 14.4 Å². The van der Waals surface area contributed by atoms with Crippen molar-refractivity contribution in [2.75, 3.05) is 0 Å². The van der Waals surface area contributed by atoms with Crippen LogP contribution in [0.1, 0.15) is 32.3 Å². The molecule has 0 saturated heterocycles. The van der Waals surface area contributed by atoms with Crippen LogP contribution in [-0.4, -0.2) is 29.2 Å². The van der Waals surface area contributed by atoms with E-state index < -0.39 is 17.6 Å². The summed E-state index contributed by atoms with van der Waals surface area (Å²) in [6.45, 7) is 3.39. The summed E-state index contributed by atoms with van der Waals surface area (Å²) in [7, 11) is 0. The van der Waals surface area contributed by atoms with Crippen LogP contribution in [0.2, 0.25) is 0 Å². The van der Waals surface area contributed by atoms with Gasteiger partial charge in [0.1, 0.15) is 5.82 Å². The summed E-state index contributed by atoms with van der Waals surface area (Å²) in [4.78, 5) is 28.2. The molecule has 0 aliphatic carbocycles. The van der Waals surface area contributed by atoms with Crippen LogP contribution in [0.25, 0.3) is 0 Å². The van der Waals surface area contributed by atoms with E-state index in [1.54, 1.807) is 26.0 Å². The Labute approximate surface area is 127 Å². The molecule has 1 unspecified atom stereocenters. The number of hydrogen-bond acceptors (Lipinski definition) is 4. The molecular formula is C15H18FN3O3. The zero-order valence-electron chi connectivity index (χ0n) is 12.4. The van der Waals surface area contributed by atoms with Gasteiger partial charge in [0.2, 0.25) is 12.0 Å². The summed E-state index contributed by atoms with van der Waals surface area (Å²) in [6.07, 6.45) is -0.546. The maximum atomic E-state index is 13.2. The topological polar surface area (TPSA) is 93.8 Å². The van der Waals surface area contributed by atoms with Crippen molar-refractivity contribution in [2.24, 2.45) is 10.9 Å². The number of carbonyl (C=O) groups excluding carboxylic acids is 2. The molecule has 1 aromatic carbocycles. The summed E-state index contributed by atoms with van der Waals surface area (Å²) in [5.41, 5.74) is 5.45. The van der Waals surface area contributed by atoms with Gasteiger partial charge in [-0.25, -0.2) is 4.39 Å². The van der Waals surface area contributed by atoms with E-state index in [0.29, 0.717) is 11.3 Å². The molecule has 1 heterocycles. The molecule has 0 spiro atoms. The molecule has 0 radical (unpaired) electrons. The highest BCUT2D eigenvalue weighted by Gasteiger charge is 2.33. The smallest absolute Gasteiger partial charge is 0.264 e. The molecule has 6 nitrogen and oxygen atoms in total. The predicted octanol–water partition coefficient (Wildman–Crippen LogP) is 1.09. The first-order valence-corrected chi connectivity index (χ1v) is 6.86. The fourth-order valence-electron chi connectivity index (χ4n) is 2.25. The fourth-order valence-corrected chi connectivity index (χ4v) is 2.25. The number of halogens is 1. The Morgan fingerprint density at radius 2 is 2.23 bits per heavy atom. The molecule has 1 aliphatic heterocycles. The largest absolute Gasteiger partial charge is 0.382 e. The molecule has 0 bridgehead atoms. The van der Waals surface area contributed by atoms with Crippen LogP contribution < -0.4 is 11.1 Å². The van der Waals surface area contributed by atoms with Gasteiger partial charge in [0.05, 0.1) is 5.71 Å². The quantitative estimate of drug-likeness (QED) is 0.852. The van der Waals surface area contributed by atoms with Crippen molar-refractivity contribution in [3.05, 3.63) is 35.6 Å². The standard InChI is InChI=1S/C15H18FN3O3/c1-15(2,8-13(17)20)18-14(21)12-7-11(19-22-12)9-4-3-5-10(16)6-9/h3-6,12H,7-8H2,1-2H3,(H2,17,20)(H,18,21). The molecule has 0 saturated carbocycles. The van der Waals surface area contributed by atoms with Crippen molar-refractivity contribution in [2.45, 2.75) is 38.3 Å². The van der Waals surface area contributed by atoms with Gasteiger partial charge in [0, 0.05) is 23.9 Å². The Hall–Kier alpha value is -2.44. The lowest BCUT2D eigenvalue weighted by Crippen LogP contribution is -2.49. The third-order valence-electron chi connectivity index (χ3n) is 3.20. The molecule has 1 aliphatic rings. The van der Waals surface area contributed by atoms with E-state index >= 15 is 0 Å². The average Bonchev–Trinajstić information content (AvgIpc) is 2.86. The summed E-state index contributed by atoms with van der Waals surface area (Å²) in [5.74, 6) is -1.27. The second-order valence-electron chi connectivity index (χ2n) is 5.86. The van der Waals surface area contributed by atoms with Gasteiger partial charge in [-0.15, -0.1) is 0 Å². The lowest BCUT2D eigenvalue weighted by Gasteiger charge is -2.25. The van der Waals surface area contributed by atoms with Crippen LogP contribution in [0, 0.1) is 5.82 Å². The first-order valence-electron chi connectivity index (χ1n) is 6.86. The van der Waals surface area contributed by atoms with E-state index in [4.69, 9.17) is 10.6 Å². The van der Waals surface area contributed by atoms with Crippen molar-refractivity contribution in [1.82, 2.24) is 5.32 Å². The molecule has 2 amide bonds. The second kappa shape index (κ2) is 6.13. The molecular weight excluding hydrogens is 289 g/mol. The Balaban J connectivity index is 1.97. The van der Waals surface area contributed by atoms with Gasteiger partial charge in [-0.1, -0.05) is 17.3 Å². The van der Waals surface area contributed by atoms with Gasteiger partial charge in [-0.05, 0) is 26.0 Å². The van der Waals surface area contributed by atoms with Crippen molar-refractivity contribution >= 4 is 17.5 Å². The van der Waals surface area contributed by atoms with E-state index in [1.165, 1.54) is 12.1 Å². The van der Waals surface area contributed by atoms with Crippen molar-refractivity contribution in [3.63, 3.8) is 0 Å². The van der Waals surface area contributed by atoms with Crippen molar-refractivity contribution in [3.8, 4) is 0 Å². The minimum absolute atomic E-state index is 0.0169. The lowest BCUT2D eigenvalue weighted by atomic mass is 9.99. The van der Waals surface area contributed by atoms with Gasteiger partial charge >= 0.3 is 0 Å². The molecule has 0 aromatic heterocycles. The number of rotatable bonds is 5. The number of nitrogens with one attached hydrogen (secondary N) is 1. The fraction of sp³-hybridized carbons (Fsp3) is 0.400. The van der Waals surface area contributed by atoms with Crippen molar-refractivity contribution < 1.29 is 18.8 Å². The third kappa shape index (κ3) is 4.03. The first-order chi connectivity index (χ1) is 10.3. The number of carbonyl (C=O) groups is 2. The van der Waals surface area contributed by atoms with Crippen LogP contribution >= 0.6 is 0 Å². The number of hydrogen-bond donors (Lipinski definition) is 2. The minimum atomic E-state index is -0.801. The van der Waals surface area contributed by atoms with Crippen LogP contribution in [0.15, 0.2) is 29.4 Å². The number of nitrogens with two attached hydrogens (primary N) is 1. The Bertz CT molecular complexity index is 628. The highest BCUT2D eigenvalue weighted by atomic mass is 19.1. The molecule has 3 N–H and O–H groups in total. The van der Waals surface area contributed by atoms with Gasteiger partial charge in [-0.3, -0.25) is 9.59 Å². The third-order valence-corrected chi connectivity index (χ3v) is 3.20. The van der Waals surface area contributed by atoms with Gasteiger partial charge < -0.3 is 15.9 Å². The van der Waals surface area contributed by atoms with Crippen LogP contribution in [0.5, 0.6) is 0 Å². The maximum absolute atomic E-state index is 13.2. The van der Waals surface area contributed by atoms with E-state index in [9.17, 15) is 14.0 Å². The Morgan fingerprint density at radius 3 is 2.86 bits per heavy atom. The molecule has 1 atom stereocenters. The van der Waals surface area contributed by atoms with E-state index in [2.05, 4.69) is 10.5 Å². The normalized spacial score (nSPS) is 17.6. The zero-order valence-corrected chi connectivity index (χ0v) is 12.4.